The maximum atomic E-state index is 11.6. The normalized spacial score (nSPS) is 10.1. The quantitative estimate of drug-likeness (QED) is 0.620. The zero-order valence-electron chi connectivity index (χ0n) is 10.5. The zero-order valence-corrected chi connectivity index (χ0v) is 12.1. The van der Waals surface area contributed by atoms with Gasteiger partial charge in [-0.3, -0.25) is 9.59 Å². The number of nitrogens with one attached hydrogen (secondary N) is 1. The molecule has 0 unspecified atom stereocenters. The molecule has 0 fully saturated rings. The topological polar surface area (TPSA) is 46.2 Å². The number of benzene rings is 1. The summed E-state index contributed by atoms with van der Waals surface area (Å²) in [4.78, 5) is 22.7. The summed E-state index contributed by atoms with van der Waals surface area (Å²) in [5.74, 6) is -0.373. The summed E-state index contributed by atoms with van der Waals surface area (Å²) in [5, 5.41) is 2.96. The molecule has 1 rings (SSSR count). The molecule has 0 radical (unpaired) electrons. The van der Waals surface area contributed by atoms with E-state index >= 15 is 0 Å². The van der Waals surface area contributed by atoms with Crippen LogP contribution in [0.3, 0.4) is 0 Å². The zero-order chi connectivity index (χ0) is 13.4. The number of halogens is 1. The lowest BCUT2D eigenvalue weighted by molar-refractivity contribution is -0.123. The first-order valence-electron chi connectivity index (χ1n) is 6.12. The van der Waals surface area contributed by atoms with Crippen molar-refractivity contribution in [1.29, 1.82) is 0 Å². The molecule has 4 heteroatoms. The Hall–Kier alpha value is -1.16. The van der Waals surface area contributed by atoms with Gasteiger partial charge in [0.05, 0.1) is 11.8 Å². The van der Waals surface area contributed by atoms with E-state index in [0.29, 0.717) is 0 Å². The fraction of sp³-hybridized carbons (Fsp3) is 0.429. The van der Waals surface area contributed by atoms with E-state index in [9.17, 15) is 9.59 Å². The van der Waals surface area contributed by atoms with Gasteiger partial charge in [0.15, 0.2) is 5.78 Å². The monoisotopic (exact) mass is 311 g/mol. The van der Waals surface area contributed by atoms with Gasteiger partial charge in [-0.15, -0.1) is 0 Å². The maximum absolute atomic E-state index is 11.6. The predicted octanol–water partition coefficient (Wildman–Crippen LogP) is 3.32. The Morgan fingerprint density at radius 2 is 2.11 bits per heavy atom. The van der Waals surface area contributed by atoms with Crippen LogP contribution >= 0.6 is 15.9 Å². The first-order chi connectivity index (χ1) is 8.65. The SMILES string of the molecule is CCCCc1cccc(NC(=O)CC(=O)CBr)c1. The van der Waals surface area contributed by atoms with Crippen molar-refractivity contribution < 1.29 is 9.59 Å². The van der Waals surface area contributed by atoms with Crippen LogP contribution in [0.2, 0.25) is 0 Å². The second kappa shape index (κ2) is 8.03. The number of alkyl halides is 1. The van der Waals surface area contributed by atoms with Gasteiger partial charge in [-0.25, -0.2) is 0 Å². The van der Waals surface area contributed by atoms with Crippen molar-refractivity contribution >= 4 is 33.3 Å². The molecule has 0 aliphatic heterocycles. The number of anilines is 1. The number of carbonyl (C=O) groups is 2. The summed E-state index contributed by atoms with van der Waals surface area (Å²) in [6.45, 7) is 2.15. The Balaban J connectivity index is 2.56. The third-order valence-electron chi connectivity index (χ3n) is 2.54. The molecule has 0 saturated heterocycles. The molecule has 1 N–H and O–H groups in total. The van der Waals surface area contributed by atoms with E-state index in [1.165, 1.54) is 5.56 Å². The highest BCUT2D eigenvalue weighted by atomic mass is 79.9. The number of rotatable bonds is 7. The van der Waals surface area contributed by atoms with Crippen LogP contribution in [-0.2, 0) is 16.0 Å². The average molecular weight is 312 g/mol. The van der Waals surface area contributed by atoms with Gasteiger partial charge < -0.3 is 5.32 Å². The molecule has 3 nitrogen and oxygen atoms in total. The van der Waals surface area contributed by atoms with Crippen molar-refractivity contribution in [2.24, 2.45) is 0 Å². The van der Waals surface area contributed by atoms with Gasteiger partial charge in [0.1, 0.15) is 0 Å². The van der Waals surface area contributed by atoms with Gasteiger partial charge in [-0.1, -0.05) is 41.4 Å². The average Bonchev–Trinajstić information content (AvgIpc) is 2.36. The lowest BCUT2D eigenvalue weighted by Crippen LogP contribution is -2.17. The van der Waals surface area contributed by atoms with Crippen LogP contribution in [0, 0.1) is 0 Å². The first-order valence-corrected chi connectivity index (χ1v) is 7.24. The molecule has 1 amide bonds. The van der Waals surface area contributed by atoms with E-state index in [0.717, 1.165) is 24.9 Å². The Bertz CT molecular complexity index is 418. The molecule has 1 aromatic carbocycles. The largest absolute Gasteiger partial charge is 0.326 e. The predicted molar refractivity (Wildman–Crippen MR) is 77.1 cm³/mol. The highest BCUT2D eigenvalue weighted by Gasteiger charge is 2.08. The summed E-state index contributed by atoms with van der Waals surface area (Å²) in [6, 6.07) is 7.78. The van der Waals surface area contributed by atoms with Crippen molar-refractivity contribution in [3.63, 3.8) is 0 Å². The van der Waals surface area contributed by atoms with Crippen LogP contribution in [-0.4, -0.2) is 17.0 Å². The fourth-order valence-corrected chi connectivity index (χ4v) is 1.82. The molecule has 18 heavy (non-hydrogen) atoms. The van der Waals surface area contributed by atoms with Gasteiger partial charge in [-0.05, 0) is 30.5 Å². The lowest BCUT2D eigenvalue weighted by atomic mass is 10.1. The third kappa shape index (κ3) is 5.45. The van der Waals surface area contributed by atoms with Gasteiger partial charge in [0.25, 0.3) is 0 Å². The molecule has 0 saturated carbocycles. The summed E-state index contributed by atoms with van der Waals surface area (Å²) in [7, 11) is 0. The molecular formula is C14H18BrNO2. The number of amides is 1. The first kappa shape index (κ1) is 14.9. The van der Waals surface area contributed by atoms with Gasteiger partial charge >= 0.3 is 0 Å². The number of aryl methyl sites for hydroxylation is 1. The smallest absolute Gasteiger partial charge is 0.231 e. The molecular weight excluding hydrogens is 294 g/mol. The van der Waals surface area contributed by atoms with E-state index in [1.807, 2.05) is 18.2 Å². The molecule has 0 aromatic heterocycles. The van der Waals surface area contributed by atoms with Crippen LogP contribution in [0.15, 0.2) is 24.3 Å². The van der Waals surface area contributed by atoms with Crippen molar-refractivity contribution in [2.75, 3.05) is 10.6 Å². The van der Waals surface area contributed by atoms with Crippen LogP contribution < -0.4 is 5.32 Å². The van der Waals surface area contributed by atoms with Crippen molar-refractivity contribution in [1.82, 2.24) is 0 Å². The van der Waals surface area contributed by atoms with Crippen molar-refractivity contribution in [3.05, 3.63) is 29.8 Å². The number of hydrogen-bond acceptors (Lipinski definition) is 2. The van der Waals surface area contributed by atoms with E-state index in [-0.39, 0.29) is 23.4 Å². The minimum absolute atomic E-state index is 0.0789. The van der Waals surface area contributed by atoms with E-state index in [1.54, 1.807) is 0 Å². The summed E-state index contributed by atoms with van der Waals surface area (Å²) in [5.41, 5.74) is 1.97. The molecule has 0 bridgehead atoms. The summed E-state index contributed by atoms with van der Waals surface area (Å²) >= 11 is 3.04. The number of unbranched alkanes of at least 4 members (excludes halogenated alkanes) is 1. The second-order valence-corrected chi connectivity index (χ2v) is 4.76. The lowest BCUT2D eigenvalue weighted by Gasteiger charge is -2.06. The summed E-state index contributed by atoms with van der Waals surface area (Å²) in [6.07, 6.45) is 3.22. The van der Waals surface area contributed by atoms with Crippen LogP contribution in [0.1, 0.15) is 31.7 Å². The molecule has 0 aliphatic carbocycles. The number of hydrogen-bond donors (Lipinski definition) is 1. The highest BCUT2D eigenvalue weighted by molar-refractivity contribution is 9.09. The number of carbonyl (C=O) groups excluding carboxylic acids is 2. The Morgan fingerprint density at radius 3 is 2.78 bits per heavy atom. The van der Waals surface area contributed by atoms with Crippen LogP contribution in [0.5, 0.6) is 0 Å². The fourth-order valence-electron chi connectivity index (χ4n) is 1.62. The second-order valence-electron chi connectivity index (χ2n) is 4.20. The van der Waals surface area contributed by atoms with Gasteiger partial charge in [0, 0.05) is 5.69 Å². The molecule has 98 valence electrons. The van der Waals surface area contributed by atoms with E-state index in [2.05, 4.69) is 34.2 Å². The Morgan fingerprint density at radius 1 is 1.33 bits per heavy atom. The number of Topliss-reactive ketones (excluding diaryl/α,β-unsaturated/α-hetero) is 1. The van der Waals surface area contributed by atoms with Crippen LogP contribution in [0.4, 0.5) is 5.69 Å². The molecule has 0 atom stereocenters. The third-order valence-corrected chi connectivity index (χ3v) is 3.16. The summed E-state index contributed by atoms with van der Waals surface area (Å²) < 4.78 is 0. The Labute approximate surface area is 116 Å². The van der Waals surface area contributed by atoms with Crippen molar-refractivity contribution in [2.45, 2.75) is 32.6 Å². The van der Waals surface area contributed by atoms with E-state index in [4.69, 9.17) is 0 Å². The maximum Gasteiger partial charge on any atom is 0.231 e. The minimum Gasteiger partial charge on any atom is -0.326 e. The molecule has 0 spiro atoms. The van der Waals surface area contributed by atoms with E-state index < -0.39 is 0 Å². The minimum atomic E-state index is -0.257. The van der Waals surface area contributed by atoms with Gasteiger partial charge in [0.2, 0.25) is 5.91 Å². The van der Waals surface area contributed by atoms with Crippen LogP contribution in [0.25, 0.3) is 0 Å². The Kier molecular flexibility index (Phi) is 6.65. The molecule has 1 aromatic rings. The highest BCUT2D eigenvalue weighted by Crippen LogP contribution is 2.13. The van der Waals surface area contributed by atoms with Crippen molar-refractivity contribution in [3.8, 4) is 0 Å². The molecule has 0 aliphatic rings. The molecule has 0 heterocycles. The van der Waals surface area contributed by atoms with Gasteiger partial charge in [-0.2, -0.15) is 0 Å². The standard InChI is InChI=1S/C14H18BrNO2/c1-2-3-5-11-6-4-7-12(8-11)16-14(18)9-13(17)10-15/h4,6-8H,2-3,5,9-10H2,1H3,(H,16,18). The number of ketones is 1.